The van der Waals surface area contributed by atoms with Crippen LogP contribution >= 0.6 is 34.7 Å². The molecule has 1 N–H and O–H groups in total. The van der Waals surface area contributed by atoms with Crippen molar-refractivity contribution in [1.29, 1.82) is 0 Å². The Labute approximate surface area is 205 Å². The van der Waals surface area contributed by atoms with Crippen molar-refractivity contribution in [1.82, 2.24) is 10.3 Å². The van der Waals surface area contributed by atoms with Gasteiger partial charge in [-0.25, -0.2) is 4.98 Å². The summed E-state index contributed by atoms with van der Waals surface area (Å²) in [5.74, 6) is -0.733. The Balaban J connectivity index is 1.52. The molecule has 2 atom stereocenters. The van der Waals surface area contributed by atoms with Crippen molar-refractivity contribution in [3.63, 3.8) is 0 Å². The number of anilines is 1. The van der Waals surface area contributed by atoms with Gasteiger partial charge in [0, 0.05) is 34.9 Å². The predicted octanol–water partition coefficient (Wildman–Crippen LogP) is 4.70. The van der Waals surface area contributed by atoms with E-state index in [1.807, 2.05) is 53.2 Å². The van der Waals surface area contributed by atoms with Gasteiger partial charge in [-0.1, -0.05) is 41.6 Å². The normalized spacial score (nSPS) is 21.2. The average molecular weight is 500 g/mol. The third kappa shape index (κ3) is 4.80. The molecule has 5 rings (SSSR count). The summed E-state index contributed by atoms with van der Waals surface area (Å²) in [7, 11) is 0. The van der Waals surface area contributed by atoms with Crippen molar-refractivity contribution in [2.24, 2.45) is 0 Å². The lowest BCUT2D eigenvalue weighted by molar-refractivity contribution is -0.134. The largest absolute Gasteiger partial charge is 0.378 e. The molecule has 3 aromatic rings. The predicted molar refractivity (Wildman–Crippen MR) is 130 cm³/mol. The number of ketones is 1. The number of aromatic nitrogens is 1. The van der Waals surface area contributed by atoms with E-state index in [1.165, 1.54) is 11.8 Å². The summed E-state index contributed by atoms with van der Waals surface area (Å²) in [5, 5.41) is 7.11. The van der Waals surface area contributed by atoms with Crippen LogP contribution in [-0.2, 0) is 14.3 Å². The molecular weight excluding hydrogens is 478 g/mol. The Morgan fingerprint density at radius 2 is 1.94 bits per heavy atom. The fraction of sp³-hybridized carbons (Fsp3) is 0.292. The zero-order valence-electron chi connectivity index (χ0n) is 17.7. The minimum Gasteiger partial charge on any atom is -0.378 e. The SMILES string of the molecule is O=C1CC(c2ccsc2)NC(=O)C1c1c(Sc2ccccc2)cc(N2CCOCC2)nc1Cl. The number of morpholine rings is 1. The van der Waals surface area contributed by atoms with E-state index in [-0.39, 0.29) is 29.3 Å². The number of halogens is 1. The van der Waals surface area contributed by atoms with Gasteiger partial charge in [0.2, 0.25) is 5.91 Å². The second kappa shape index (κ2) is 9.85. The van der Waals surface area contributed by atoms with E-state index in [1.54, 1.807) is 11.3 Å². The molecule has 2 aliphatic rings. The van der Waals surface area contributed by atoms with E-state index < -0.39 is 5.92 Å². The topological polar surface area (TPSA) is 71.5 Å². The third-order valence-electron chi connectivity index (χ3n) is 5.81. The van der Waals surface area contributed by atoms with E-state index in [9.17, 15) is 9.59 Å². The number of hydrogen-bond donors (Lipinski definition) is 1. The number of piperidine rings is 1. The fourth-order valence-electron chi connectivity index (χ4n) is 4.14. The number of nitrogens with zero attached hydrogens (tertiary/aromatic N) is 2. The number of Topliss-reactive ketones (excluding diaryl/α,β-unsaturated/α-hetero) is 1. The molecule has 2 aromatic heterocycles. The summed E-state index contributed by atoms with van der Waals surface area (Å²) in [4.78, 5) is 35.0. The summed E-state index contributed by atoms with van der Waals surface area (Å²) in [6.07, 6.45) is 0.226. The van der Waals surface area contributed by atoms with Gasteiger partial charge in [0.05, 0.1) is 19.3 Å². The second-order valence-electron chi connectivity index (χ2n) is 7.92. The molecule has 1 aromatic carbocycles. The first-order chi connectivity index (χ1) is 16.1. The molecule has 0 radical (unpaired) electrons. The number of thiophene rings is 1. The highest BCUT2D eigenvalue weighted by Gasteiger charge is 2.40. The van der Waals surface area contributed by atoms with Crippen molar-refractivity contribution in [2.75, 3.05) is 31.2 Å². The van der Waals surface area contributed by atoms with Gasteiger partial charge in [-0.3, -0.25) is 9.59 Å². The molecule has 2 saturated heterocycles. The Bertz CT molecular complexity index is 1130. The van der Waals surface area contributed by atoms with E-state index in [0.29, 0.717) is 31.9 Å². The van der Waals surface area contributed by atoms with Crippen molar-refractivity contribution in [3.8, 4) is 0 Å². The third-order valence-corrected chi connectivity index (χ3v) is 7.86. The Morgan fingerprint density at radius 3 is 2.64 bits per heavy atom. The minimum atomic E-state index is -0.982. The molecule has 0 bridgehead atoms. The first-order valence-electron chi connectivity index (χ1n) is 10.7. The first kappa shape index (κ1) is 22.4. The van der Waals surface area contributed by atoms with Crippen molar-refractivity contribution in [3.05, 3.63) is 69.5 Å². The van der Waals surface area contributed by atoms with Gasteiger partial charge < -0.3 is 15.0 Å². The average Bonchev–Trinajstić information content (AvgIpc) is 3.36. The quantitative estimate of drug-likeness (QED) is 0.405. The highest BCUT2D eigenvalue weighted by atomic mass is 35.5. The van der Waals surface area contributed by atoms with Crippen molar-refractivity contribution < 1.29 is 14.3 Å². The number of nitrogens with one attached hydrogen (secondary N) is 1. The van der Waals surface area contributed by atoms with Crippen LogP contribution in [0.1, 0.15) is 29.5 Å². The molecule has 9 heteroatoms. The lowest BCUT2D eigenvalue weighted by atomic mass is 9.85. The smallest absolute Gasteiger partial charge is 0.235 e. The summed E-state index contributed by atoms with van der Waals surface area (Å²) >= 11 is 9.74. The number of ether oxygens (including phenoxy) is 1. The lowest BCUT2D eigenvalue weighted by Crippen LogP contribution is -2.43. The van der Waals surface area contributed by atoms with Crippen molar-refractivity contribution >= 4 is 52.2 Å². The highest BCUT2D eigenvalue weighted by molar-refractivity contribution is 7.99. The number of pyridine rings is 1. The number of carbonyl (C=O) groups is 2. The Hall–Kier alpha value is -2.39. The van der Waals surface area contributed by atoms with Crippen LogP contribution < -0.4 is 10.2 Å². The molecule has 0 saturated carbocycles. The maximum atomic E-state index is 13.3. The molecule has 4 heterocycles. The lowest BCUT2D eigenvalue weighted by Gasteiger charge is -2.31. The van der Waals surface area contributed by atoms with E-state index in [2.05, 4.69) is 15.2 Å². The first-order valence-corrected chi connectivity index (χ1v) is 12.8. The van der Waals surface area contributed by atoms with Crippen LogP contribution in [0.5, 0.6) is 0 Å². The molecule has 170 valence electrons. The van der Waals surface area contributed by atoms with Gasteiger partial charge in [0.1, 0.15) is 16.9 Å². The summed E-state index contributed by atoms with van der Waals surface area (Å²) in [6.45, 7) is 2.66. The molecule has 6 nitrogen and oxygen atoms in total. The number of benzene rings is 1. The maximum Gasteiger partial charge on any atom is 0.235 e. The van der Waals surface area contributed by atoms with Crippen LogP contribution in [0.4, 0.5) is 5.82 Å². The number of hydrogen-bond acceptors (Lipinski definition) is 7. The number of carbonyl (C=O) groups excluding carboxylic acids is 2. The summed E-state index contributed by atoms with van der Waals surface area (Å²) in [6, 6.07) is 13.4. The van der Waals surface area contributed by atoms with Gasteiger partial charge in [-0.05, 0) is 40.6 Å². The maximum absolute atomic E-state index is 13.3. The monoisotopic (exact) mass is 499 g/mol. The minimum absolute atomic E-state index is 0.146. The van der Waals surface area contributed by atoms with Crippen LogP contribution in [-0.4, -0.2) is 43.0 Å². The standard InChI is InChI=1S/C24H22ClN3O3S2/c25-23-22(21-18(29)12-17(26-24(21)30)15-6-11-32-14-15)19(33-16-4-2-1-3-5-16)13-20(27-23)28-7-9-31-10-8-28/h1-6,11,13-14,17,21H,7-10,12H2,(H,26,30). The van der Waals surface area contributed by atoms with Crippen LogP contribution in [0.25, 0.3) is 0 Å². The second-order valence-corrected chi connectivity index (χ2v) is 10.2. The summed E-state index contributed by atoms with van der Waals surface area (Å²) in [5.41, 5.74) is 1.43. The molecule has 1 amide bonds. The number of amides is 1. The van der Waals surface area contributed by atoms with Crippen LogP contribution in [0.3, 0.4) is 0 Å². The molecule has 0 spiro atoms. The van der Waals surface area contributed by atoms with Gasteiger partial charge in [-0.2, -0.15) is 11.3 Å². The Kier molecular flexibility index (Phi) is 6.69. The molecule has 2 unspecified atom stereocenters. The van der Waals surface area contributed by atoms with Gasteiger partial charge in [0.25, 0.3) is 0 Å². The Morgan fingerprint density at radius 1 is 1.15 bits per heavy atom. The zero-order chi connectivity index (χ0) is 22.8. The zero-order valence-corrected chi connectivity index (χ0v) is 20.1. The van der Waals surface area contributed by atoms with Crippen LogP contribution in [0.2, 0.25) is 5.15 Å². The molecule has 2 fully saturated rings. The van der Waals surface area contributed by atoms with E-state index >= 15 is 0 Å². The van der Waals surface area contributed by atoms with Crippen molar-refractivity contribution in [2.45, 2.75) is 28.2 Å². The van der Waals surface area contributed by atoms with E-state index in [4.69, 9.17) is 16.3 Å². The summed E-state index contributed by atoms with van der Waals surface area (Å²) < 4.78 is 5.46. The molecule has 0 aliphatic carbocycles. The van der Waals surface area contributed by atoms with Gasteiger partial charge in [0.15, 0.2) is 5.78 Å². The van der Waals surface area contributed by atoms with Crippen LogP contribution in [0, 0.1) is 0 Å². The molecular formula is C24H22ClN3O3S2. The molecule has 2 aliphatic heterocycles. The molecule has 33 heavy (non-hydrogen) atoms. The van der Waals surface area contributed by atoms with Crippen LogP contribution in [0.15, 0.2) is 63.0 Å². The van der Waals surface area contributed by atoms with Gasteiger partial charge in [-0.15, -0.1) is 0 Å². The fourth-order valence-corrected chi connectivity index (χ4v) is 6.25. The number of rotatable bonds is 5. The van der Waals surface area contributed by atoms with Gasteiger partial charge >= 0.3 is 0 Å². The van der Waals surface area contributed by atoms with E-state index in [0.717, 1.165) is 21.2 Å². The highest BCUT2D eigenvalue weighted by Crippen LogP contribution is 2.42.